The fourth-order valence-corrected chi connectivity index (χ4v) is 3.55. The molecular weight excluding hydrogens is 286 g/mol. The van der Waals surface area contributed by atoms with Gasteiger partial charge < -0.3 is 0 Å². The van der Waals surface area contributed by atoms with Crippen LogP contribution in [0.2, 0.25) is 0 Å². The van der Waals surface area contributed by atoms with Crippen molar-refractivity contribution in [2.45, 2.75) is 45.4 Å². The molecule has 1 aromatic rings. The van der Waals surface area contributed by atoms with Crippen molar-refractivity contribution in [3.8, 4) is 6.07 Å². The molecule has 0 bridgehead atoms. The summed E-state index contributed by atoms with van der Waals surface area (Å²) in [5.74, 6) is 0.194. The Labute approximate surface area is 136 Å². The van der Waals surface area contributed by atoms with Gasteiger partial charge in [-0.2, -0.15) is 5.26 Å². The van der Waals surface area contributed by atoms with Crippen molar-refractivity contribution in [1.82, 2.24) is 9.55 Å². The standard InChI is InChI=1S/C19H21N3O/c1-3-5-15(7-6-14(2)12-20)22-13-21-16-10-19(8-4-9-19)11-17(23)18(16)22/h3,6-7,13H,1,4-5,8-11H2,2H3/b14-6+,15-7+. The summed E-state index contributed by atoms with van der Waals surface area (Å²) in [5, 5.41) is 8.89. The Bertz CT molecular complexity index is 754. The molecule has 2 aliphatic rings. The molecule has 0 radical (unpaired) electrons. The number of rotatable bonds is 4. The summed E-state index contributed by atoms with van der Waals surface area (Å²) in [6.07, 6.45) is 12.9. The monoisotopic (exact) mass is 307 g/mol. The molecule has 1 aromatic heterocycles. The highest BCUT2D eigenvalue weighted by atomic mass is 16.1. The van der Waals surface area contributed by atoms with Crippen molar-refractivity contribution in [2.75, 3.05) is 0 Å². The highest BCUT2D eigenvalue weighted by molar-refractivity contribution is 5.98. The molecule has 23 heavy (non-hydrogen) atoms. The van der Waals surface area contributed by atoms with E-state index in [1.54, 1.807) is 25.4 Å². The Morgan fingerprint density at radius 3 is 2.87 bits per heavy atom. The van der Waals surface area contributed by atoms with Crippen LogP contribution >= 0.6 is 0 Å². The first kappa shape index (κ1) is 15.5. The lowest BCUT2D eigenvalue weighted by atomic mass is 9.61. The Hall–Kier alpha value is -2.41. The highest BCUT2D eigenvalue weighted by Crippen LogP contribution is 2.50. The molecule has 1 saturated carbocycles. The van der Waals surface area contributed by atoms with Gasteiger partial charge in [0.2, 0.25) is 0 Å². The first-order valence-corrected chi connectivity index (χ1v) is 8.07. The Morgan fingerprint density at radius 1 is 1.48 bits per heavy atom. The van der Waals surface area contributed by atoms with Gasteiger partial charge in [0.25, 0.3) is 0 Å². The molecular formula is C19H21N3O. The average molecular weight is 307 g/mol. The molecule has 0 atom stereocenters. The smallest absolute Gasteiger partial charge is 0.182 e. The molecule has 0 N–H and O–H groups in total. The van der Waals surface area contributed by atoms with Gasteiger partial charge in [0.05, 0.1) is 18.1 Å². The van der Waals surface area contributed by atoms with Gasteiger partial charge in [-0.3, -0.25) is 9.36 Å². The third-order valence-electron chi connectivity index (χ3n) is 4.96. The lowest BCUT2D eigenvalue weighted by Crippen LogP contribution is -2.38. The van der Waals surface area contributed by atoms with E-state index in [0.717, 1.165) is 36.3 Å². The van der Waals surface area contributed by atoms with Gasteiger partial charge in [-0.05, 0) is 43.8 Å². The molecule has 1 spiro atoms. The highest BCUT2D eigenvalue weighted by Gasteiger charge is 2.44. The molecule has 1 fully saturated rings. The maximum Gasteiger partial charge on any atom is 0.182 e. The van der Waals surface area contributed by atoms with Gasteiger partial charge in [0, 0.05) is 24.1 Å². The van der Waals surface area contributed by atoms with Gasteiger partial charge in [0.1, 0.15) is 5.69 Å². The van der Waals surface area contributed by atoms with E-state index >= 15 is 0 Å². The molecule has 0 amide bonds. The third-order valence-corrected chi connectivity index (χ3v) is 4.96. The van der Waals surface area contributed by atoms with Crippen molar-refractivity contribution in [2.24, 2.45) is 5.41 Å². The Morgan fingerprint density at radius 2 is 2.26 bits per heavy atom. The second-order valence-electron chi connectivity index (χ2n) is 6.65. The van der Waals surface area contributed by atoms with E-state index in [-0.39, 0.29) is 11.2 Å². The number of allylic oxidation sites excluding steroid dienone is 5. The Kier molecular flexibility index (Phi) is 4.04. The zero-order valence-electron chi connectivity index (χ0n) is 13.5. The zero-order valence-corrected chi connectivity index (χ0v) is 13.5. The van der Waals surface area contributed by atoms with Crippen molar-refractivity contribution in [3.05, 3.63) is 48.1 Å². The number of imidazole rings is 1. The predicted octanol–water partition coefficient (Wildman–Crippen LogP) is 4.07. The van der Waals surface area contributed by atoms with Crippen LogP contribution in [0.15, 0.2) is 36.7 Å². The van der Waals surface area contributed by atoms with Crippen LogP contribution in [-0.4, -0.2) is 15.3 Å². The second kappa shape index (κ2) is 6.00. The van der Waals surface area contributed by atoms with Gasteiger partial charge in [-0.15, -0.1) is 6.58 Å². The molecule has 118 valence electrons. The summed E-state index contributed by atoms with van der Waals surface area (Å²) < 4.78 is 1.88. The van der Waals surface area contributed by atoms with Crippen LogP contribution in [0.4, 0.5) is 0 Å². The van der Waals surface area contributed by atoms with Crippen LogP contribution in [0.3, 0.4) is 0 Å². The minimum absolute atomic E-state index is 0.183. The largest absolute Gasteiger partial charge is 0.300 e. The van der Waals surface area contributed by atoms with Crippen LogP contribution in [0.25, 0.3) is 5.70 Å². The average Bonchev–Trinajstić information content (AvgIpc) is 2.93. The maximum absolute atomic E-state index is 12.7. The number of fused-ring (bicyclic) bond motifs is 1. The van der Waals surface area contributed by atoms with Crippen LogP contribution in [0.5, 0.6) is 0 Å². The first-order valence-electron chi connectivity index (χ1n) is 8.07. The number of aromatic nitrogens is 2. The lowest BCUT2D eigenvalue weighted by Gasteiger charge is -2.43. The number of carbonyl (C=O) groups is 1. The minimum atomic E-state index is 0.183. The van der Waals surface area contributed by atoms with Crippen LogP contribution < -0.4 is 0 Å². The zero-order chi connectivity index (χ0) is 16.4. The van der Waals surface area contributed by atoms with E-state index in [4.69, 9.17) is 5.26 Å². The SMILES string of the molecule is C=CC/C(=C\C=C(/C)C#N)n1cnc2c1C(=O)CC1(CCC1)C2. The second-order valence-corrected chi connectivity index (χ2v) is 6.65. The number of carbonyl (C=O) groups excluding carboxylic acids is 1. The van der Waals surface area contributed by atoms with E-state index in [1.165, 1.54) is 6.42 Å². The van der Waals surface area contributed by atoms with E-state index in [9.17, 15) is 4.79 Å². The first-order chi connectivity index (χ1) is 11.1. The van der Waals surface area contributed by atoms with Crippen LogP contribution in [0.1, 0.15) is 55.2 Å². The molecule has 0 aliphatic heterocycles. The fraction of sp³-hybridized carbons (Fsp3) is 0.421. The van der Waals surface area contributed by atoms with Gasteiger partial charge in [0.15, 0.2) is 5.78 Å². The lowest BCUT2D eigenvalue weighted by molar-refractivity contribution is 0.0700. The molecule has 0 aromatic carbocycles. The van der Waals surface area contributed by atoms with Crippen molar-refractivity contribution in [3.63, 3.8) is 0 Å². The van der Waals surface area contributed by atoms with E-state index in [0.29, 0.717) is 18.4 Å². The molecule has 2 aliphatic carbocycles. The fourth-order valence-electron chi connectivity index (χ4n) is 3.55. The molecule has 1 heterocycles. The summed E-state index contributed by atoms with van der Waals surface area (Å²) in [6, 6.07) is 2.10. The summed E-state index contributed by atoms with van der Waals surface area (Å²) in [7, 11) is 0. The van der Waals surface area contributed by atoms with Gasteiger partial charge >= 0.3 is 0 Å². The summed E-state index contributed by atoms with van der Waals surface area (Å²) in [4.78, 5) is 17.2. The van der Waals surface area contributed by atoms with E-state index < -0.39 is 0 Å². The van der Waals surface area contributed by atoms with E-state index in [2.05, 4.69) is 17.6 Å². The number of Topliss-reactive ketones (excluding diaryl/α,β-unsaturated/α-hetero) is 1. The summed E-state index contributed by atoms with van der Waals surface area (Å²) >= 11 is 0. The minimum Gasteiger partial charge on any atom is -0.300 e. The summed E-state index contributed by atoms with van der Waals surface area (Å²) in [5.41, 5.74) is 3.38. The summed E-state index contributed by atoms with van der Waals surface area (Å²) in [6.45, 7) is 5.55. The maximum atomic E-state index is 12.7. The molecule has 4 nitrogen and oxygen atoms in total. The number of ketones is 1. The van der Waals surface area contributed by atoms with Crippen molar-refractivity contribution in [1.29, 1.82) is 5.26 Å². The molecule has 4 heteroatoms. The quantitative estimate of drug-likeness (QED) is 0.478. The molecule has 0 saturated heterocycles. The number of hydrogen-bond acceptors (Lipinski definition) is 3. The topological polar surface area (TPSA) is 58.7 Å². The predicted molar refractivity (Wildman–Crippen MR) is 89.6 cm³/mol. The number of nitriles is 1. The Balaban J connectivity index is 1.99. The number of hydrogen-bond donors (Lipinski definition) is 0. The number of nitrogens with zero attached hydrogens (tertiary/aromatic N) is 3. The van der Waals surface area contributed by atoms with Gasteiger partial charge in [-0.25, -0.2) is 4.98 Å². The molecule has 3 rings (SSSR count). The van der Waals surface area contributed by atoms with E-state index in [1.807, 2.05) is 10.6 Å². The third kappa shape index (κ3) is 2.79. The van der Waals surface area contributed by atoms with Crippen LogP contribution in [0, 0.1) is 16.7 Å². The van der Waals surface area contributed by atoms with Crippen molar-refractivity contribution >= 4 is 11.5 Å². The van der Waals surface area contributed by atoms with Crippen molar-refractivity contribution < 1.29 is 4.79 Å². The normalized spacial score (nSPS) is 19.9. The molecule has 0 unspecified atom stereocenters. The van der Waals surface area contributed by atoms with Crippen LogP contribution in [-0.2, 0) is 6.42 Å². The van der Waals surface area contributed by atoms with Gasteiger partial charge in [-0.1, -0.05) is 12.5 Å².